The number of anilines is 1. The smallest absolute Gasteiger partial charge is 0.146 e. The van der Waals surface area contributed by atoms with Crippen LogP contribution >= 0.6 is 15.9 Å². The highest BCUT2D eigenvalue weighted by Gasteiger charge is 2.55. The van der Waals surface area contributed by atoms with Crippen LogP contribution in [0, 0.1) is 17.8 Å². The second kappa shape index (κ2) is 3.42. The molecule has 2 N–H and O–H groups in total. The first-order valence-corrected chi connectivity index (χ1v) is 6.01. The lowest BCUT2D eigenvalue weighted by molar-refractivity contribution is 0.643. The Balaban J connectivity index is 1.75. The molecule has 0 radical (unpaired) electrons. The van der Waals surface area contributed by atoms with E-state index in [4.69, 9.17) is 5.73 Å². The van der Waals surface area contributed by atoms with Gasteiger partial charge in [-0.15, -0.1) is 0 Å². The monoisotopic (exact) mass is 268 g/mol. The summed E-state index contributed by atoms with van der Waals surface area (Å²) < 4.78 is 0.982. The number of hydrogen-bond donors (Lipinski definition) is 1. The van der Waals surface area contributed by atoms with Crippen molar-refractivity contribution in [3.63, 3.8) is 0 Å². The highest BCUT2D eigenvalue weighted by Crippen LogP contribution is 2.52. The topological polar surface area (TPSA) is 55.0 Å². The minimum Gasteiger partial charge on any atom is -0.355 e. The van der Waals surface area contributed by atoms with E-state index in [1.807, 2.05) is 0 Å². The van der Waals surface area contributed by atoms with Gasteiger partial charge in [0, 0.05) is 19.3 Å². The van der Waals surface area contributed by atoms with Crippen LogP contribution in [0.5, 0.6) is 0 Å². The average Bonchev–Trinajstić information content (AvgIpc) is 2.72. The first kappa shape index (κ1) is 9.54. The molecular weight excluding hydrogens is 256 g/mol. The Hall–Kier alpha value is -0.680. The van der Waals surface area contributed by atoms with Crippen molar-refractivity contribution in [1.82, 2.24) is 9.97 Å². The Kier molecular flexibility index (Phi) is 2.17. The number of halogens is 1. The minimum atomic E-state index is 0.766. The largest absolute Gasteiger partial charge is 0.355 e. The second-order valence-corrected chi connectivity index (χ2v) is 5.18. The van der Waals surface area contributed by atoms with Crippen LogP contribution in [0.1, 0.15) is 0 Å². The van der Waals surface area contributed by atoms with Crippen molar-refractivity contribution in [2.24, 2.45) is 23.5 Å². The van der Waals surface area contributed by atoms with Crippen LogP contribution in [0.15, 0.2) is 17.0 Å². The van der Waals surface area contributed by atoms with E-state index in [-0.39, 0.29) is 0 Å². The molecule has 1 saturated carbocycles. The third-order valence-corrected chi connectivity index (χ3v) is 4.15. The van der Waals surface area contributed by atoms with Crippen molar-refractivity contribution in [2.75, 3.05) is 24.5 Å². The fourth-order valence-electron chi connectivity index (χ4n) is 2.71. The van der Waals surface area contributed by atoms with Gasteiger partial charge in [0.15, 0.2) is 0 Å². The highest BCUT2D eigenvalue weighted by atomic mass is 79.9. The molecule has 3 rings (SSSR count). The Labute approximate surface area is 97.0 Å². The van der Waals surface area contributed by atoms with Gasteiger partial charge in [0.05, 0.1) is 4.47 Å². The first-order chi connectivity index (χ1) is 7.31. The highest BCUT2D eigenvalue weighted by molar-refractivity contribution is 9.10. The van der Waals surface area contributed by atoms with Gasteiger partial charge in [-0.05, 0) is 40.2 Å². The summed E-state index contributed by atoms with van der Waals surface area (Å²) in [5, 5.41) is 0. The standard InChI is InChI=1S/C10H13BrN4/c11-9-2-13-5-14-10(9)15-3-7-6(1-12)8(7)4-15/h2,5-8H,1,3-4,12H2. The average molecular weight is 269 g/mol. The summed E-state index contributed by atoms with van der Waals surface area (Å²) in [6.07, 6.45) is 3.40. The predicted octanol–water partition coefficient (Wildman–Crippen LogP) is 0.880. The molecule has 2 unspecified atom stereocenters. The molecule has 5 heteroatoms. The van der Waals surface area contributed by atoms with E-state index in [9.17, 15) is 0 Å². The molecular formula is C10H13BrN4. The van der Waals surface area contributed by atoms with E-state index >= 15 is 0 Å². The van der Waals surface area contributed by atoms with Crippen LogP contribution in [0.3, 0.4) is 0 Å². The van der Waals surface area contributed by atoms with E-state index in [2.05, 4.69) is 30.8 Å². The first-order valence-electron chi connectivity index (χ1n) is 5.21. The van der Waals surface area contributed by atoms with Crippen molar-refractivity contribution >= 4 is 21.7 Å². The number of rotatable bonds is 2. The number of fused-ring (bicyclic) bond motifs is 1. The van der Waals surface area contributed by atoms with E-state index in [0.29, 0.717) is 0 Å². The molecule has 0 spiro atoms. The molecule has 1 aromatic rings. The van der Waals surface area contributed by atoms with Gasteiger partial charge in [-0.2, -0.15) is 0 Å². The molecule has 4 nitrogen and oxygen atoms in total. The molecule has 0 amide bonds. The molecule has 2 atom stereocenters. The van der Waals surface area contributed by atoms with Crippen LogP contribution in [0.4, 0.5) is 5.82 Å². The van der Waals surface area contributed by atoms with E-state index < -0.39 is 0 Å². The second-order valence-electron chi connectivity index (χ2n) is 4.33. The van der Waals surface area contributed by atoms with Crippen molar-refractivity contribution < 1.29 is 0 Å². The van der Waals surface area contributed by atoms with Gasteiger partial charge in [0.1, 0.15) is 12.1 Å². The number of nitrogens with two attached hydrogens (primary N) is 1. The number of piperidine rings is 1. The molecule has 1 aliphatic heterocycles. The Morgan fingerprint density at radius 1 is 1.47 bits per heavy atom. The summed E-state index contributed by atoms with van der Waals surface area (Å²) in [4.78, 5) is 10.6. The maximum absolute atomic E-state index is 5.68. The molecule has 80 valence electrons. The maximum atomic E-state index is 5.68. The third kappa shape index (κ3) is 1.45. The van der Waals surface area contributed by atoms with E-state index in [1.54, 1.807) is 12.5 Å². The van der Waals surface area contributed by atoms with Crippen molar-refractivity contribution in [3.05, 3.63) is 17.0 Å². The summed E-state index contributed by atoms with van der Waals surface area (Å²) >= 11 is 3.48. The molecule has 2 aliphatic rings. The van der Waals surface area contributed by atoms with Gasteiger partial charge < -0.3 is 10.6 Å². The van der Waals surface area contributed by atoms with Crippen LogP contribution in [0.25, 0.3) is 0 Å². The fraction of sp³-hybridized carbons (Fsp3) is 0.600. The van der Waals surface area contributed by atoms with Gasteiger partial charge in [-0.3, -0.25) is 0 Å². The molecule has 0 bridgehead atoms. The van der Waals surface area contributed by atoms with E-state index in [1.165, 1.54) is 0 Å². The lowest BCUT2D eigenvalue weighted by atomic mass is 10.2. The number of aromatic nitrogens is 2. The Morgan fingerprint density at radius 3 is 2.80 bits per heavy atom. The molecule has 1 aromatic heterocycles. The molecule has 1 saturated heterocycles. The normalized spacial score (nSPS) is 32.9. The van der Waals surface area contributed by atoms with Crippen LogP contribution in [-0.2, 0) is 0 Å². The fourth-order valence-corrected chi connectivity index (χ4v) is 3.18. The van der Waals surface area contributed by atoms with Crippen LogP contribution in [-0.4, -0.2) is 29.6 Å². The summed E-state index contributed by atoms with van der Waals surface area (Å²) in [6.45, 7) is 3.04. The molecule has 2 fully saturated rings. The van der Waals surface area contributed by atoms with Gasteiger partial charge in [0.25, 0.3) is 0 Å². The third-order valence-electron chi connectivity index (χ3n) is 3.59. The van der Waals surface area contributed by atoms with E-state index in [0.717, 1.165) is 47.7 Å². The molecule has 1 aliphatic carbocycles. The summed E-state index contributed by atoms with van der Waals surface area (Å²) in [5.41, 5.74) is 5.68. The zero-order chi connectivity index (χ0) is 10.4. The zero-order valence-corrected chi connectivity index (χ0v) is 9.89. The Bertz CT molecular complexity index is 371. The van der Waals surface area contributed by atoms with Crippen LogP contribution < -0.4 is 10.6 Å². The van der Waals surface area contributed by atoms with Crippen LogP contribution in [0.2, 0.25) is 0 Å². The SMILES string of the molecule is NCC1C2CN(c3ncncc3Br)CC12. The maximum Gasteiger partial charge on any atom is 0.146 e. The lowest BCUT2D eigenvalue weighted by Gasteiger charge is -2.21. The lowest BCUT2D eigenvalue weighted by Crippen LogP contribution is -2.26. The molecule has 0 aromatic carbocycles. The summed E-state index contributed by atoms with van der Waals surface area (Å²) in [5.74, 6) is 3.39. The minimum absolute atomic E-state index is 0.766. The summed E-state index contributed by atoms with van der Waals surface area (Å²) in [6, 6.07) is 0. The number of nitrogens with zero attached hydrogens (tertiary/aromatic N) is 3. The van der Waals surface area contributed by atoms with Crippen molar-refractivity contribution in [3.8, 4) is 0 Å². The van der Waals surface area contributed by atoms with Gasteiger partial charge >= 0.3 is 0 Å². The molecule has 15 heavy (non-hydrogen) atoms. The zero-order valence-electron chi connectivity index (χ0n) is 8.31. The molecule has 2 heterocycles. The van der Waals surface area contributed by atoms with Gasteiger partial charge in [-0.25, -0.2) is 9.97 Å². The Morgan fingerprint density at radius 2 is 2.20 bits per heavy atom. The predicted molar refractivity (Wildman–Crippen MR) is 61.5 cm³/mol. The van der Waals surface area contributed by atoms with Crippen molar-refractivity contribution in [1.29, 1.82) is 0 Å². The van der Waals surface area contributed by atoms with Crippen molar-refractivity contribution in [2.45, 2.75) is 0 Å². The van der Waals surface area contributed by atoms with Gasteiger partial charge in [-0.1, -0.05) is 0 Å². The number of hydrogen-bond acceptors (Lipinski definition) is 4. The summed E-state index contributed by atoms with van der Waals surface area (Å²) in [7, 11) is 0. The quantitative estimate of drug-likeness (QED) is 0.866. The van der Waals surface area contributed by atoms with Gasteiger partial charge in [0.2, 0.25) is 0 Å².